The van der Waals surface area contributed by atoms with E-state index in [1.165, 1.54) is 34.2 Å². The van der Waals surface area contributed by atoms with Crippen molar-refractivity contribution in [3.05, 3.63) is 47.3 Å². The molecule has 3 nitrogen and oxygen atoms in total. The molecule has 112 valence electrons. The van der Waals surface area contributed by atoms with Gasteiger partial charge in [-0.1, -0.05) is 13.0 Å². The summed E-state index contributed by atoms with van der Waals surface area (Å²) in [5.41, 5.74) is 7.69. The summed E-state index contributed by atoms with van der Waals surface area (Å²) in [5.74, 6) is 0.820. The number of carbonyl (C=O) groups excluding carboxylic acids is 1. The molecule has 0 spiro atoms. The number of anilines is 1. The molecule has 0 bridgehead atoms. The van der Waals surface area contributed by atoms with Gasteiger partial charge in [0, 0.05) is 37.1 Å². The number of fused-ring (bicyclic) bond motifs is 2. The number of aryl methyl sites for hydroxylation is 1. The number of nitrogens with zero attached hydrogens (tertiary/aromatic N) is 2. The standard InChI is InChI=1S/C19H20N2O/c1-12-3-6-15-16(12)10-20-11-17(15)13-4-7-18-14(9-13)5-8-19(22)21(18)2/h4,7,9-12H,3,5-6,8H2,1-2H3. The van der Waals surface area contributed by atoms with Crippen molar-refractivity contribution in [3.63, 3.8) is 0 Å². The Kier molecular flexibility index (Phi) is 3.03. The largest absolute Gasteiger partial charge is 0.315 e. The maximum absolute atomic E-state index is 11.8. The molecule has 1 aromatic carbocycles. The predicted molar refractivity (Wildman–Crippen MR) is 88.1 cm³/mol. The third-order valence-corrected chi connectivity index (χ3v) is 5.18. The van der Waals surface area contributed by atoms with E-state index in [1.807, 2.05) is 19.4 Å². The number of aromatic nitrogens is 1. The van der Waals surface area contributed by atoms with Gasteiger partial charge in [-0.25, -0.2) is 0 Å². The maximum atomic E-state index is 11.8. The molecule has 0 fully saturated rings. The van der Waals surface area contributed by atoms with Crippen LogP contribution >= 0.6 is 0 Å². The van der Waals surface area contributed by atoms with Gasteiger partial charge in [0.1, 0.15) is 0 Å². The third-order valence-electron chi connectivity index (χ3n) is 5.18. The zero-order valence-electron chi connectivity index (χ0n) is 13.1. The zero-order valence-corrected chi connectivity index (χ0v) is 13.1. The fourth-order valence-electron chi connectivity index (χ4n) is 3.80. The minimum absolute atomic E-state index is 0.205. The van der Waals surface area contributed by atoms with E-state index in [0.29, 0.717) is 12.3 Å². The molecule has 1 unspecified atom stereocenters. The Hall–Kier alpha value is -2.16. The molecule has 22 heavy (non-hydrogen) atoms. The molecule has 4 rings (SSSR count). The Bertz CT molecular complexity index is 766. The van der Waals surface area contributed by atoms with Gasteiger partial charge in [0.15, 0.2) is 0 Å². The van der Waals surface area contributed by atoms with Crippen molar-refractivity contribution in [3.8, 4) is 11.1 Å². The Balaban J connectivity index is 1.81. The summed E-state index contributed by atoms with van der Waals surface area (Å²) in [6, 6.07) is 6.46. The van der Waals surface area contributed by atoms with Crippen molar-refractivity contribution in [2.24, 2.45) is 0 Å². The van der Waals surface area contributed by atoms with Crippen LogP contribution in [0.3, 0.4) is 0 Å². The Morgan fingerprint density at radius 1 is 1.18 bits per heavy atom. The quantitative estimate of drug-likeness (QED) is 0.803. The van der Waals surface area contributed by atoms with Crippen molar-refractivity contribution in [2.75, 3.05) is 11.9 Å². The van der Waals surface area contributed by atoms with E-state index in [0.717, 1.165) is 18.5 Å². The highest BCUT2D eigenvalue weighted by Crippen LogP contribution is 2.39. The van der Waals surface area contributed by atoms with Crippen LogP contribution in [0.2, 0.25) is 0 Å². The first-order valence-corrected chi connectivity index (χ1v) is 8.02. The lowest BCUT2D eigenvalue weighted by atomic mass is 9.93. The molecule has 0 N–H and O–H groups in total. The first-order valence-electron chi connectivity index (χ1n) is 8.02. The second kappa shape index (κ2) is 4.94. The van der Waals surface area contributed by atoms with Gasteiger partial charge in [0.25, 0.3) is 0 Å². The monoisotopic (exact) mass is 292 g/mol. The van der Waals surface area contributed by atoms with Gasteiger partial charge in [-0.15, -0.1) is 0 Å². The molecule has 0 saturated heterocycles. The van der Waals surface area contributed by atoms with Gasteiger partial charge in [-0.3, -0.25) is 9.78 Å². The van der Waals surface area contributed by atoms with Gasteiger partial charge in [-0.05, 0) is 59.6 Å². The van der Waals surface area contributed by atoms with Gasteiger partial charge in [0.05, 0.1) is 0 Å². The van der Waals surface area contributed by atoms with Crippen LogP contribution in [0.4, 0.5) is 5.69 Å². The summed E-state index contributed by atoms with van der Waals surface area (Å²) in [5, 5.41) is 0. The lowest BCUT2D eigenvalue weighted by molar-refractivity contribution is -0.118. The number of hydrogen-bond acceptors (Lipinski definition) is 2. The number of hydrogen-bond donors (Lipinski definition) is 0. The second-order valence-electron chi connectivity index (χ2n) is 6.49. The van der Waals surface area contributed by atoms with Crippen molar-refractivity contribution < 1.29 is 4.79 Å². The molecule has 3 heteroatoms. The normalized spacial score (nSPS) is 20.0. The van der Waals surface area contributed by atoms with Gasteiger partial charge in [0.2, 0.25) is 5.91 Å². The first-order chi connectivity index (χ1) is 10.6. The average Bonchev–Trinajstić information content (AvgIpc) is 2.92. The topological polar surface area (TPSA) is 33.2 Å². The zero-order chi connectivity index (χ0) is 15.3. The van der Waals surface area contributed by atoms with Crippen LogP contribution in [-0.2, 0) is 17.6 Å². The van der Waals surface area contributed by atoms with Crippen molar-refractivity contribution in [1.82, 2.24) is 4.98 Å². The SMILES string of the molecule is CC1CCc2c(-c3ccc4c(c3)CCC(=O)N4C)cncc21. The first kappa shape index (κ1) is 13.5. The molecule has 1 amide bonds. The van der Waals surface area contributed by atoms with E-state index in [-0.39, 0.29) is 5.91 Å². The summed E-state index contributed by atoms with van der Waals surface area (Å²) in [4.78, 5) is 18.1. The molecule has 1 aliphatic carbocycles. The van der Waals surface area contributed by atoms with Gasteiger partial charge in [-0.2, -0.15) is 0 Å². The molecule has 1 atom stereocenters. The predicted octanol–water partition coefficient (Wildman–Crippen LogP) is 3.71. The van der Waals surface area contributed by atoms with E-state index in [2.05, 4.69) is 30.1 Å². The highest BCUT2D eigenvalue weighted by Gasteiger charge is 2.24. The summed E-state index contributed by atoms with van der Waals surface area (Å²) in [7, 11) is 1.86. The van der Waals surface area contributed by atoms with E-state index >= 15 is 0 Å². The summed E-state index contributed by atoms with van der Waals surface area (Å²) in [6.45, 7) is 2.28. The number of pyridine rings is 1. The van der Waals surface area contributed by atoms with Crippen LogP contribution in [0, 0.1) is 0 Å². The number of carbonyl (C=O) groups is 1. The molecule has 0 saturated carbocycles. The lowest BCUT2D eigenvalue weighted by Gasteiger charge is -2.26. The number of amides is 1. The Labute approximate surface area is 131 Å². The molecule has 2 aliphatic rings. The van der Waals surface area contributed by atoms with Crippen molar-refractivity contribution in [2.45, 2.75) is 38.5 Å². The van der Waals surface area contributed by atoms with E-state index in [4.69, 9.17) is 0 Å². The molecule has 0 radical (unpaired) electrons. The van der Waals surface area contributed by atoms with Crippen LogP contribution < -0.4 is 4.90 Å². The average molecular weight is 292 g/mol. The number of rotatable bonds is 1. The lowest BCUT2D eigenvalue weighted by Crippen LogP contribution is -2.30. The fraction of sp³-hybridized carbons (Fsp3) is 0.368. The molecular formula is C19H20N2O. The highest BCUT2D eigenvalue weighted by molar-refractivity contribution is 5.96. The molecular weight excluding hydrogens is 272 g/mol. The fourth-order valence-corrected chi connectivity index (χ4v) is 3.80. The highest BCUT2D eigenvalue weighted by atomic mass is 16.2. The molecule has 1 aliphatic heterocycles. The minimum Gasteiger partial charge on any atom is -0.315 e. The van der Waals surface area contributed by atoms with Crippen molar-refractivity contribution >= 4 is 11.6 Å². The van der Waals surface area contributed by atoms with Crippen LogP contribution in [0.5, 0.6) is 0 Å². The Morgan fingerprint density at radius 3 is 2.91 bits per heavy atom. The summed E-state index contributed by atoms with van der Waals surface area (Å²) < 4.78 is 0. The van der Waals surface area contributed by atoms with E-state index < -0.39 is 0 Å². The van der Waals surface area contributed by atoms with Gasteiger partial charge >= 0.3 is 0 Å². The molecule has 2 heterocycles. The number of benzene rings is 1. The molecule has 2 aromatic rings. The summed E-state index contributed by atoms with van der Waals surface area (Å²) >= 11 is 0. The Morgan fingerprint density at radius 2 is 2.05 bits per heavy atom. The smallest absolute Gasteiger partial charge is 0.227 e. The minimum atomic E-state index is 0.205. The van der Waals surface area contributed by atoms with Crippen LogP contribution in [0.25, 0.3) is 11.1 Å². The van der Waals surface area contributed by atoms with Crippen molar-refractivity contribution in [1.29, 1.82) is 0 Å². The second-order valence-corrected chi connectivity index (χ2v) is 6.49. The van der Waals surface area contributed by atoms with Crippen LogP contribution in [0.1, 0.15) is 42.4 Å². The van der Waals surface area contributed by atoms with Crippen LogP contribution in [-0.4, -0.2) is 17.9 Å². The van der Waals surface area contributed by atoms with E-state index in [9.17, 15) is 4.79 Å². The van der Waals surface area contributed by atoms with Gasteiger partial charge < -0.3 is 4.90 Å². The van der Waals surface area contributed by atoms with E-state index in [1.54, 1.807) is 4.90 Å². The van der Waals surface area contributed by atoms with Crippen LogP contribution in [0.15, 0.2) is 30.6 Å². The maximum Gasteiger partial charge on any atom is 0.227 e. The third kappa shape index (κ3) is 1.96. The summed E-state index contributed by atoms with van der Waals surface area (Å²) in [6.07, 6.45) is 7.83. The molecule has 1 aromatic heterocycles.